The van der Waals surface area contributed by atoms with Crippen LogP contribution in [-0.2, 0) is 20.5 Å². The minimum atomic E-state index is -0.953. The number of aromatic nitrogens is 2. The molecule has 1 heterocycles. The average Bonchev–Trinajstić information content (AvgIpc) is 2.74. The van der Waals surface area contributed by atoms with Crippen LogP contribution in [0.3, 0.4) is 0 Å². The third-order valence-corrected chi connectivity index (χ3v) is 5.08. The lowest BCUT2D eigenvalue weighted by atomic mass is 10.1. The van der Waals surface area contributed by atoms with Crippen LogP contribution in [0.2, 0.25) is 0 Å². The molecule has 2 aromatic rings. The Labute approximate surface area is 178 Å². The molecule has 12 heteroatoms. The number of rotatable bonds is 11. The van der Waals surface area contributed by atoms with E-state index in [2.05, 4.69) is 10.2 Å². The molecule has 0 radical (unpaired) electrons. The highest BCUT2D eigenvalue weighted by Gasteiger charge is 2.25. The van der Waals surface area contributed by atoms with Crippen molar-refractivity contribution in [3.8, 4) is 0 Å². The molecule has 168 valence electrons. The van der Waals surface area contributed by atoms with Crippen molar-refractivity contribution in [1.29, 1.82) is 0 Å². The second-order valence-electron chi connectivity index (χ2n) is 7.05. The Balaban J connectivity index is 1.95. The first-order valence-electron chi connectivity index (χ1n) is 9.81. The van der Waals surface area contributed by atoms with E-state index >= 15 is 0 Å². The summed E-state index contributed by atoms with van der Waals surface area (Å²) in [6.07, 6.45) is 1.59. The largest absolute Gasteiger partial charge is 0.374 e. The lowest BCUT2D eigenvalue weighted by Crippen LogP contribution is -2.40. The Morgan fingerprint density at radius 2 is 1.65 bits per heavy atom. The van der Waals surface area contributed by atoms with Gasteiger partial charge in [-0.3, -0.25) is 34.2 Å². The van der Waals surface area contributed by atoms with E-state index < -0.39 is 26.8 Å². The zero-order valence-electron chi connectivity index (χ0n) is 17.7. The summed E-state index contributed by atoms with van der Waals surface area (Å²) in [5.74, 6) is -0.111. The van der Waals surface area contributed by atoms with Gasteiger partial charge in [-0.25, -0.2) is 4.79 Å². The smallest absolute Gasteiger partial charge is 0.364 e. The van der Waals surface area contributed by atoms with Gasteiger partial charge in [-0.2, -0.15) is 0 Å². The van der Waals surface area contributed by atoms with Crippen molar-refractivity contribution in [2.24, 2.45) is 14.1 Å². The number of aryl methyl sites for hydroxylation is 1. The van der Waals surface area contributed by atoms with Gasteiger partial charge in [-0.05, 0) is 31.5 Å². The molecule has 0 fully saturated rings. The third kappa shape index (κ3) is 5.75. The summed E-state index contributed by atoms with van der Waals surface area (Å²) in [5.41, 5.74) is -1.19. The van der Waals surface area contributed by atoms with Crippen molar-refractivity contribution in [2.45, 2.75) is 19.8 Å². The van der Waals surface area contributed by atoms with E-state index in [1.807, 2.05) is 6.92 Å². The molecule has 0 bridgehead atoms. The van der Waals surface area contributed by atoms with Crippen LogP contribution in [0, 0.1) is 20.2 Å². The molecule has 31 heavy (non-hydrogen) atoms. The number of nitrogens with zero attached hydrogens (tertiary/aromatic N) is 5. The number of benzene rings is 1. The summed E-state index contributed by atoms with van der Waals surface area (Å²) in [5, 5.41) is 24.9. The molecule has 0 saturated carbocycles. The van der Waals surface area contributed by atoms with Crippen LogP contribution in [0.4, 0.5) is 17.2 Å². The van der Waals surface area contributed by atoms with Crippen molar-refractivity contribution in [3.05, 3.63) is 70.9 Å². The molecule has 0 amide bonds. The Hall–Kier alpha value is -3.54. The Morgan fingerprint density at radius 3 is 2.19 bits per heavy atom. The lowest BCUT2D eigenvalue weighted by molar-refractivity contribution is -0.386. The number of anilines is 1. The number of hydrogen-bond donors (Lipinski definition) is 1. The summed E-state index contributed by atoms with van der Waals surface area (Å²) in [6, 6.07) is 6.45. The molecule has 0 unspecified atom stereocenters. The lowest BCUT2D eigenvalue weighted by Gasteiger charge is -2.21. The molecule has 0 spiro atoms. The molecular formula is C19H26N6O6. The Kier molecular flexibility index (Phi) is 8.02. The molecule has 0 saturated heterocycles. The Morgan fingerprint density at radius 1 is 1.00 bits per heavy atom. The van der Waals surface area contributed by atoms with Crippen molar-refractivity contribution in [3.63, 3.8) is 0 Å². The minimum absolute atomic E-state index is 0.0595. The van der Waals surface area contributed by atoms with E-state index in [1.165, 1.54) is 26.2 Å². The zero-order valence-corrected chi connectivity index (χ0v) is 17.7. The third-order valence-electron chi connectivity index (χ3n) is 5.08. The first-order valence-corrected chi connectivity index (χ1v) is 9.81. The quantitative estimate of drug-likeness (QED) is 0.411. The molecule has 0 aliphatic rings. The first kappa shape index (κ1) is 23.7. The highest BCUT2D eigenvalue weighted by Crippen LogP contribution is 2.16. The van der Waals surface area contributed by atoms with Crippen LogP contribution in [-0.4, -0.2) is 50.1 Å². The standard InChI is InChI=1S/C19H26N6O6/c1-4-23(12-5-6-14-7-9-15(10-8-14)24(28)29)13-11-20-17-16(25(30)31)18(26)22(3)19(27)21(17)2/h7-10,20H,4-6,11-13H2,1-3H3. The predicted molar refractivity (Wildman–Crippen MR) is 116 cm³/mol. The first-order chi connectivity index (χ1) is 14.7. The fourth-order valence-electron chi connectivity index (χ4n) is 3.24. The van der Waals surface area contributed by atoms with Crippen molar-refractivity contribution in [1.82, 2.24) is 14.0 Å². The maximum Gasteiger partial charge on any atom is 0.374 e. The van der Waals surface area contributed by atoms with Gasteiger partial charge in [-0.1, -0.05) is 19.1 Å². The molecule has 0 atom stereocenters. The second-order valence-corrected chi connectivity index (χ2v) is 7.05. The minimum Gasteiger partial charge on any atom is -0.364 e. The predicted octanol–water partition coefficient (Wildman–Crippen LogP) is 1.27. The van der Waals surface area contributed by atoms with Crippen LogP contribution in [0.25, 0.3) is 0 Å². The van der Waals surface area contributed by atoms with Gasteiger partial charge in [0.2, 0.25) is 0 Å². The van der Waals surface area contributed by atoms with E-state index in [-0.39, 0.29) is 11.5 Å². The fraction of sp³-hybridized carbons (Fsp3) is 0.474. The molecule has 0 aliphatic heterocycles. The average molecular weight is 434 g/mol. The van der Waals surface area contributed by atoms with Crippen LogP contribution in [0.15, 0.2) is 33.9 Å². The van der Waals surface area contributed by atoms with Gasteiger partial charge in [0.05, 0.1) is 9.85 Å². The maximum atomic E-state index is 12.1. The van der Waals surface area contributed by atoms with E-state index in [0.29, 0.717) is 17.7 Å². The van der Waals surface area contributed by atoms with Crippen molar-refractivity contribution in [2.75, 3.05) is 31.5 Å². The van der Waals surface area contributed by atoms with Gasteiger partial charge in [-0.15, -0.1) is 0 Å². The maximum absolute atomic E-state index is 12.1. The van der Waals surface area contributed by atoms with Gasteiger partial charge in [0.25, 0.3) is 5.69 Å². The van der Waals surface area contributed by atoms with E-state index in [4.69, 9.17) is 0 Å². The summed E-state index contributed by atoms with van der Waals surface area (Å²) in [7, 11) is 2.57. The summed E-state index contributed by atoms with van der Waals surface area (Å²) in [6.45, 7) is 4.36. The number of non-ortho nitro benzene ring substituents is 1. The SMILES string of the molecule is CCN(CCCc1ccc([N+](=O)[O-])cc1)CCNc1c([N+](=O)[O-])c(=O)n(C)c(=O)n1C. The van der Waals surface area contributed by atoms with Gasteiger partial charge >= 0.3 is 16.9 Å². The van der Waals surface area contributed by atoms with E-state index in [9.17, 15) is 29.8 Å². The van der Waals surface area contributed by atoms with E-state index in [1.54, 1.807) is 12.1 Å². The van der Waals surface area contributed by atoms with Crippen molar-refractivity contribution < 1.29 is 9.85 Å². The number of nitro benzene ring substituents is 1. The number of hydrogen-bond acceptors (Lipinski definition) is 8. The Bertz CT molecular complexity index is 1060. The molecule has 2 rings (SSSR count). The fourth-order valence-corrected chi connectivity index (χ4v) is 3.24. The van der Waals surface area contributed by atoms with Crippen LogP contribution in [0.1, 0.15) is 18.9 Å². The van der Waals surface area contributed by atoms with Gasteiger partial charge in [0.15, 0.2) is 5.82 Å². The monoisotopic (exact) mass is 434 g/mol. The molecule has 1 aromatic heterocycles. The highest BCUT2D eigenvalue weighted by molar-refractivity contribution is 5.54. The van der Waals surface area contributed by atoms with Crippen LogP contribution < -0.4 is 16.6 Å². The molecule has 1 N–H and O–H groups in total. The topological polar surface area (TPSA) is 146 Å². The zero-order chi connectivity index (χ0) is 23.1. The van der Waals surface area contributed by atoms with Crippen LogP contribution >= 0.6 is 0 Å². The molecular weight excluding hydrogens is 408 g/mol. The number of likely N-dealkylation sites (N-methyl/N-ethyl adjacent to an activating group) is 1. The molecule has 1 aromatic carbocycles. The second kappa shape index (κ2) is 10.5. The van der Waals surface area contributed by atoms with Gasteiger partial charge in [0.1, 0.15) is 0 Å². The molecule has 0 aliphatic carbocycles. The van der Waals surface area contributed by atoms with Gasteiger partial charge < -0.3 is 10.2 Å². The summed E-state index contributed by atoms with van der Waals surface area (Å²) < 4.78 is 1.77. The van der Waals surface area contributed by atoms with Gasteiger partial charge in [0, 0.05) is 39.3 Å². The molecule has 12 nitrogen and oxygen atoms in total. The number of nitrogens with one attached hydrogen (secondary N) is 1. The number of nitro groups is 2. The normalized spacial score (nSPS) is 11.0. The summed E-state index contributed by atoms with van der Waals surface area (Å²) >= 11 is 0. The van der Waals surface area contributed by atoms with Crippen molar-refractivity contribution >= 4 is 17.2 Å². The van der Waals surface area contributed by atoms with Crippen LogP contribution in [0.5, 0.6) is 0 Å². The van der Waals surface area contributed by atoms with E-state index in [0.717, 1.165) is 36.1 Å². The highest BCUT2D eigenvalue weighted by atomic mass is 16.6. The summed E-state index contributed by atoms with van der Waals surface area (Å²) in [4.78, 5) is 47.2.